The van der Waals surface area contributed by atoms with E-state index in [1.54, 1.807) is 6.20 Å². The Morgan fingerprint density at radius 3 is 2.63 bits per heavy atom. The van der Waals surface area contributed by atoms with Crippen molar-refractivity contribution in [3.05, 3.63) is 54.1 Å². The molecule has 0 aliphatic heterocycles. The third-order valence-electron chi connectivity index (χ3n) is 4.23. The maximum atomic E-state index is 12.9. The lowest BCUT2D eigenvalue weighted by Gasteiger charge is -2.40. The number of aromatic nitrogens is 2. The van der Waals surface area contributed by atoms with Crippen molar-refractivity contribution in [1.82, 2.24) is 9.55 Å². The molecule has 0 unspecified atom stereocenters. The normalized spacial score (nSPS) is 16.9. The van der Waals surface area contributed by atoms with Gasteiger partial charge in [0, 0.05) is 18.9 Å². The number of hydrogen-bond acceptors (Lipinski definition) is 2. The number of imidazole rings is 1. The summed E-state index contributed by atoms with van der Waals surface area (Å²) in [6, 6.07) is 10.1. The fourth-order valence-electron chi connectivity index (χ4n) is 2.92. The first-order valence-corrected chi connectivity index (χ1v) is 6.89. The van der Waals surface area contributed by atoms with Crippen LogP contribution in [0.15, 0.2) is 42.7 Å². The largest absolute Gasteiger partial charge is 0.329 e. The van der Waals surface area contributed by atoms with E-state index in [1.165, 1.54) is 0 Å². The molecule has 98 valence electrons. The molecule has 3 rings (SSSR count). The van der Waals surface area contributed by atoms with Gasteiger partial charge in [-0.2, -0.15) is 0 Å². The Kier molecular flexibility index (Phi) is 2.97. The average Bonchev–Trinajstić information content (AvgIpc) is 2.87. The number of ketones is 1. The molecule has 1 aromatic heterocycles. The summed E-state index contributed by atoms with van der Waals surface area (Å²) < 4.78 is 1.94. The average molecular weight is 254 g/mol. The van der Waals surface area contributed by atoms with Crippen molar-refractivity contribution in [2.24, 2.45) is 0 Å². The van der Waals surface area contributed by atoms with Crippen LogP contribution in [-0.2, 0) is 12.0 Å². The number of carbonyl (C=O) groups is 1. The molecule has 3 nitrogen and oxygen atoms in total. The van der Waals surface area contributed by atoms with Crippen LogP contribution < -0.4 is 0 Å². The summed E-state index contributed by atoms with van der Waals surface area (Å²) in [5.41, 5.74) is 0.802. The number of Topliss-reactive ketones (excluding diaryl/α,β-unsaturated/α-hetero) is 1. The molecule has 0 bridgehead atoms. The molecule has 1 fully saturated rings. The van der Waals surface area contributed by atoms with E-state index >= 15 is 0 Å². The molecule has 1 aliphatic rings. The van der Waals surface area contributed by atoms with E-state index in [0.717, 1.165) is 31.4 Å². The Morgan fingerprint density at radius 2 is 2.05 bits per heavy atom. The van der Waals surface area contributed by atoms with E-state index in [2.05, 4.69) is 17.1 Å². The highest BCUT2D eigenvalue weighted by molar-refractivity contribution is 6.02. The predicted molar refractivity (Wildman–Crippen MR) is 74.2 cm³/mol. The molecule has 3 heteroatoms. The maximum Gasteiger partial charge on any atom is 0.208 e. The molecule has 1 heterocycles. The summed E-state index contributed by atoms with van der Waals surface area (Å²) in [6.07, 6.45) is 6.59. The van der Waals surface area contributed by atoms with Crippen LogP contribution in [0.3, 0.4) is 0 Å². The number of aryl methyl sites for hydroxylation is 1. The van der Waals surface area contributed by atoms with Gasteiger partial charge in [0.05, 0.1) is 5.41 Å². The molecule has 1 saturated carbocycles. The molecule has 0 atom stereocenters. The monoisotopic (exact) mass is 254 g/mol. The van der Waals surface area contributed by atoms with Crippen molar-refractivity contribution in [2.45, 2.75) is 38.1 Å². The molecular weight excluding hydrogens is 236 g/mol. The van der Waals surface area contributed by atoms with E-state index < -0.39 is 0 Å². The van der Waals surface area contributed by atoms with Gasteiger partial charge < -0.3 is 4.57 Å². The van der Waals surface area contributed by atoms with Gasteiger partial charge in [-0.3, -0.25) is 4.79 Å². The van der Waals surface area contributed by atoms with E-state index in [9.17, 15) is 4.79 Å². The number of nitrogens with zero attached hydrogens (tertiary/aromatic N) is 2. The quantitative estimate of drug-likeness (QED) is 0.785. The minimum absolute atomic E-state index is 0.178. The fourth-order valence-corrected chi connectivity index (χ4v) is 2.92. The SMILES string of the molecule is CCn1ccnc1C(=O)C1(c2ccccc2)CCC1. The number of hydrogen-bond donors (Lipinski definition) is 0. The van der Waals surface area contributed by atoms with Gasteiger partial charge in [-0.25, -0.2) is 4.98 Å². The summed E-state index contributed by atoms with van der Waals surface area (Å²) in [5, 5.41) is 0. The lowest BCUT2D eigenvalue weighted by atomic mass is 9.61. The molecule has 0 amide bonds. The highest BCUT2D eigenvalue weighted by atomic mass is 16.1. The van der Waals surface area contributed by atoms with Gasteiger partial charge in [0.15, 0.2) is 5.82 Å². The van der Waals surface area contributed by atoms with E-state index in [-0.39, 0.29) is 11.2 Å². The van der Waals surface area contributed by atoms with Crippen molar-refractivity contribution in [3.8, 4) is 0 Å². The van der Waals surface area contributed by atoms with Gasteiger partial charge in [0.25, 0.3) is 0 Å². The van der Waals surface area contributed by atoms with Crippen molar-refractivity contribution in [2.75, 3.05) is 0 Å². The first kappa shape index (κ1) is 12.2. The number of rotatable bonds is 4. The van der Waals surface area contributed by atoms with Crippen LogP contribution in [0, 0.1) is 0 Å². The number of carbonyl (C=O) groups excluding carboxylic acids is 1. The van der Waals surface area contributed by atoms with Crippen molar-refractivity contribution in [1.29, 1.82) is 0 Å². The van der Waals surface area contributed by atoms with Crippen LogP contribution in [-0.4, -0.2) is 15.3 Å². The van der Waals surface area contributed by atoms with Crippen LogP contribution in [0.4, 0.5) is 0 Å². The Labute approximate surface area is 113 Å². The van der Waals surface area contributed by atoms with Gasteiger partial charge in [-0.05, 0) is 25.3 Å². The number of benzene rings is 1. The third kappa shape index (κ3) is 1.81. The molecule has 0 radical (unpaired) electrons. The standard InChI is InChI=1S/C16H18N2O/c1-2-18-12-11-17-15(18)14(19)16(9-6-10-16)13-7-4-3-5-8-13/h3-5,7-8,11-12H,2,6,9-10H2,1H3. The molecule has 0 spiro atoms. The van der Waals surface area contributed by atoms with Crippen molar-refractivity contribution < 1.29 is 4.79 Å². The fraction of sp³-hybridized carbons (Fsp3) is 0.375. The van der Waals surface area contributed by atoms with Gasteiger partial charge in [-0.1, -0.05) is 36.8 Å². The Balaban J connectivity index is 2.02. The van der Waals surface area contributed by atoms with E-state index in [1.807, 2.05) is 35.9 Å². The van der Waals surface area contributed by atoms with Crippen LogP contribution in [0.1, 0.15) is 42.4 Å². The molecule has 0 N–H and O–H groups in total. The Morgan fingerprint density at radius 1 is 1.32 bits per heavy atom. The molecule has 0 saturated heterocycles. The maximum absolute atomic E-state index is 12.9. The molecular formula is C16H18N2O. The minimum Gasteiger partial charge on any atom is -0.329 e. The molecule has 1 aromatic carbocycles. The summed E-state index contributed by atoms with van der Waals surface area (Å²) in [4.78, 5) is 17.2. The second-order valence-electron chi connectivity index (χ2n) is 5.17. The third-order valence-corrected chi connectivity index (χ3v) is 4.23. The zero-order valence-electron chi connectivity index (χ0n) is 11.2. The highest BCUT2D eigenvalue weighted by Gasteiger charge is 2.47. The highest BCUT2D eigenvalue weighted by Crippen LogP contribution is 2.45. The van der Waals surface area contributed by atoms with E-state index in [0.29, 0.717) is 5.82 Å². The topological polar surface area (TPSA) is 34.9 Å². The molecule has 2 aromatic rings. The van der Waals surface area contributed by atoms with Crippen LogP contribution in [0.25, 0.3) is 0 Å². The lowest BCUT2D eigenvalue weighted by Crippen LogP contribution is -2.43. The summed E-state index contributed by atoms with van der Waals surface area (Å²) in [5.74, 6) is 0.780. The predicted octanol–water partition coefficient (Wildman–Crippen LogP) is 3.21. The van der Waals surface area contributed by atoms with Crippen molar-refractivity contribution in [3.63, 3.8) is 0 Å². The first-order chi connectivity index (χ1) is 9.28. The zero-order chi connectivity index (χ0) is 13.3. The lowest BCUT2D eigenvalue weighted by molar-refractivity contribution is 0.0772. The van der Waals surface area contributed by atoms with Crippen LogP contribution in [0.5, 0.6) is 0 Å². The summed E-state index contributed by atoms with van der Waals surface area (Å²) in [6.45, 7) is 2.82. The Hall–Kier alpha value is -1.90. The zero-order valence-corrected chi connectivity index (χ0v) is 11.2. The summed E-state index contributed by atoms with van der Waals surface area (Å²) >= 11 is 0. The minimum atomic E-state index is -0.334. The van der Waals surface area contributed by atoms with Gasteiger partial charge in [0.2, 0.25) is 5.78 Å². The second-order valence-corrected chi connectivity index (χ2v) is 5.17. The van der Waals surface area contributed by atoms with Gasteiger partial charge in [0.1, 0.15) is 0 Å². The van der Waals surface area contributed by atoms with E-state index in [4.69, 9.17) is 0 Å². The first-order valence-electron chi connectivity index (χ1n) is 6.89. The summed E-state index contributed by atoms with van der Waals surface area (Å²) in [7, 11) is 0. The molecule has 19 heavy (non-hydrogen) atoms. The molecule has 1 aliphatic carbocycles. The van der Waals surface area contributed by atoms with Gasteiger partial charge >= 0.3 is 0 Å². The van der Waals surface area contributed by atoms with Crippen molar-refractivity contribution >= 4 is 5.78 Å². The smallest absolute Gasteiger partial charge is 0.208 e. The van der Waals surface area contributed by atoms with Crippen LogP contribution >= 0.6 is 0 Å². The van der Waals surface area contributed by atoms with Crippen LogP contribution in [0.2, 0.25) is 0 Å². The second kappa shape index (κ2) is 4.65. The Bertz CT molecular complexity index is 582. The van der Waals surface area contributed by atoms with Gasteiger partial charge in [-0.15, -0.1) is 0 Å².